The standard InChI is InChI=1S/C71H78N8O10S/c1-41-64(90-40-74-41)47-26-23-43(24-27-47)36-73-66(83)59-35-50(80)37-78(59)69(86)65(71(3,4)5)77-62(82)22-12-14-45-13-10-16-48-33-44(25-29-51(45)48)38-88-42(2)57(31-32-61(72)81)75-67(84)60-34-49-17-11-15-46-28-30-58(68(85)79(60)63(46)49)76-70(87)89-39-56-54-20-8-6-18-52(54)53-19-7-9-21-55(53)56/h6-11,13,15-21,23-27,29,33,40,42,50,56-60,65,80H,12,14,22,28,30-32,34-39H2,1-5H3,(H2,72,81)(H,73,83)(H,75,84)(H,76,87)(H,77,82)/t42-,50+,57-,58-,59-,60-,65+/m0/s1. The number of aliphatic hydroxyl groups is 1. The van der Waals surface area contributed by atoms with Crippen LogP contribution in [0.1, 0.15) is 117 Å². The van der Waals surface area contributed by atoms with E-state index in [-0.39, 0.29) is 76.1 Å². The van der Waals surface area contributed by atoms with Crippen LogP contribution < -0.4 is 31.9 Å². The summed E-state index contributed by atoms with van der Waals surface area (Å²) in [4.78, 5) is 105. The van der Waals surface area contributed by atoms with Gasteiger partial charge in [0.2, 0.25) is 35.4 Å². The first-order valence-corrected chi connectivity index (χ1v) is 32.0. The molecule has 7 amide bonds. The van der Waals surface area contributed by atoms with Gasteiger partial charge in [-0.05, 0) is 124 Å². The highest BCUT2D eigenvalue weighted by Crippen LogP contribution is 2.45. The average Bonchev–Trinajstić information content (AvgIpc) is 1.64. The maximum Gasteiger partial charge on any atom is 0.407 e. The number of primary amides is 1. The molecule has 0 spiro atoms. The van der Waals surface area contributed by atoms with Crippen LogP contribution in [0.2, 0.25) is 0 Å². The topological polar surface area (TPSA) is 252 Å². The zero-order valence-electron chi connectivity index (χ0n) is 51.5. The molecule has 1 saturated heterocycles. The Morgan fingerprint density at radius 2 is 1.53 bits per heavy atom. The van der Waals surface area contributed by atoms with Crippen LogP contribution in [0.3, 0.4) is 0 Å². The Morgan fingerprint density at radius 3 is 2.24 bits per heavy atom. The van der Waals surface area contributed by atoms with Crippen molar-refractivity contribution in [2.75, 3.05) is 18.1 Å². The number of nitrogens with zero attached hydrogens (tertiary/aromatic N) is 3. The van der Waals surface area contributed by atoms with E-state index in [0.717, 1.165) is 77.0 Å². The molecular weight excluding hydrogens is 1160 g/mol. The van der Waals surface area contributed by atoms with E-state index in [2.05, 4.69) is 38.4 Å². The van der Waals surface area contributed by atoms with Crippen molar-refractivity contribution >= 4 is 69.3 Å². The number of carbonyl (C=O) groups is 7. The number of fused-ring (bicyclic) bond motifs is 4. The maximum absolute atomic E-state index is 14.7. The summed E-state index contributed by atoms with van der Waals surface area (Å²) in [5.41, 5.74) is 18.3. The normalized spacial score (nSPS) is 18.6. The highest BCUT2D eigenvalue weighted by Gasteiger charge is 2.46. The Morgan fingerprint density at radius 1 is 0.822 bits per heavy atom. The quantitative estimate of drug-likeness (QED) is 0.0374. The first-order valence-electron chi connectivity index (χ1n) is 31.1. The second kappa shape index (κ2) is 27.1. The van der Waals surface area contributed by atoms with Crippen LogP contribution in [-0.2, 0) is 70.7 Å². The Balaban J connectivity index is 0.679. The molecule has 4 aliphatic rings. The van der Waals surface area contributed by atoms with Gasteiger partial charge >= 0.3 is 6.09 Å². The van der Waals surface area contributed by atoms with E-state index in [9.17, 15) is 38.7 Å². The van der Waals surface area contributed by atoms with E-state index in [1.807, 2.05) is 155 Å². The van der Waals surface area contributed by atoms with Crippen molar-refractivity contribution in [1.29, 1.82) is 0 Å². The minimum absolute atomic E-state index is 0.0188. The summed E-state index contributed by atoms with van der Waals surface area (Å²) in [6, 6.07) is 37.4. The Hall–Kier alpha value is -8.78. The van der Waals surface area contributed by atoms with Gasteiger partial charge in [0, 0.05) is 44.7 Å². The van der Waals surface area contributed by atoms with Crippen molar-refractivity contribution in [3.8, 4) is 21.6 Å². The van der Waals surface area contributed by atoms with Gasteiger partial charge in [-0.25, -0.2) is 9.78 Å². The number of aromatic nitrogens is 1. The Kier molecular flexibility index (Phi) is 18.9. The fourth-order valence-corrected chi connectivity index (χ4v) is 14.1. The van der Waals surface area contributed by atoms with Crippen molar-refractivity contribution in [3.05, 3.63) is 178 Å². The van der Waals surface area contributed by atoms with Crippen molar-refractivity contribution in [2.24, 2.45) is 11.1 Å². The van der Waals surface area contributed by atoms with E-state index < -0.39 is 77.6 Å². The monoisotopic (exact) mass is 1230 g/mol. The molecule has 6 aromatic carbocycles. The first kappa shape index (κ1) is 62.8. The molecule has 0 unspecified atom stereocenters. The van der Waals surface area contributed by atoms with Gasteiger partial charge in [0.1, 0.15) is 30.8 Å². The third-order valence-electron chi connectivity index (χ3n) is 18.1. The number of nitrogens with two attached hydrogens (primary N) is 1. The SMILES string of the molecule is Cc1ncsc1-c1ccc(CNC(=O)[C@@H]2C[C@@H](O)CN2C(=O)[C@@H](NC(=O)CCCc2cccc3cc(CO[C@@H](C)[C@H](CCC(N)=O)NC(=O)[C@@H]4Cc5cccc6c5N4C(=O)[C@@H](NC(=O)OCC4c5ccccc5-c5ccccc54)CC6)ccc23)C(C)(C)C)cc1. The van der Waals surface area contributed by atoms with E-state index in [1.54, 1.807) is 11.3 Å². The lowest BCUT2D eigenvalue weighted by Crippen LogP contribution is -2.57. The van der Waals surface area contributed by atoms with E-state index in [1.165, 1.54) is 9.80 Å². The number of hydrogen-bond donors (Lipinski definition) is 6. The highest BCUT2D eigenvalue weighted by atomic mass is 32.1. The number of para-hydroxylation sites is 1. The zero-order valence-corrected chi connectivity index (χ0v) is 52.3. The van der Waals surface area contributed by atoms with Gasteiger partial charge in [-0.3, -0.25) is 33.7 Å². The third kappa shape index (κ3) is 13.8. The molecule has 468 valence electrons. The Bertz CT molecular complexity index is 3820. The number of nitrogens with one attached hydrogen (secondary N) is 4. The van der Waals surface area contributed by atoms with E-state index in [4.69, 9.17) is 15.2 Å². The van der Waals surface area contributed by atoms with Crippen molar-refractivity contribution in [1.82, 2.24) is 31.2 Å². The number of hydrogen-bond acceptors (Lipinski definition) is 12. The molecule has 11 rings (SSSR count). The molecular formula is C71H78N8O10S. The second-order valence-corrected chi connectivity index (χ2v) is 26.2. The number of likely N-dealkylation sites (tertiary alicyclic amines) is 1. The molecule has 90 heavy (non-hydrogen) atoms. The third-order valence-corrected chi connectivity index (χ3v) is 19.0. The zero-order chi connectivity index (χ0) is 63.4. The van der Waals surface area contributed by atoms with Gasteiger partial charge in [0.05, 0.1) is 46.6 Å². The Labute approximate surface area is 528 Å². The van der Waals surface area contributed by atoms with Gasteiger partial charge < -0.3 is 46.5 Å². The number of alkyl carbamates (subject to hydrolysis) is 1. The molecule has 4 heterocycles. The number of carbonyl (C=O) groups excluding carboxylic acids is 7. The molecule has 1 fully saturated rings. The summed E-state index contributed by atoms with van der Waals surface area (Å²) in [5.74, 6) is -2.63. The summed E-state index contributed by atoms with van der Waals surface area (Å²) >= 11 is 1.57. The maximum atomic E-state index is 14.7. The number of aryl methyl sites for hydroxylation is 3. The summed E-state index contributed by atoms with van der Waals surface area (Å²) < 4.78 is 12.3. The van der Waals surface area contributed by atoms with Crippen LogP contribution in [0.5, 0.6) is 0 Å². The molecule has 7 atom stereocenters. The molecule has 0 radical (unpaired) electrons. The number of benzene rings is 6. The molecule has 0 bridgehead atoms. The van der Waals surface area contributed by atoms with Crippen LogP contribution in [0.15, 0.2) is 133 Å². The summed E-state index contributed by atoms with van der Waals surface area (Å²) in [7, 11) is 0. The van der Waals surface area contributed by atoms with Gasteiger partial charge in [-0.1, -0.05) is 142 Å². The number of β-amino-alcohol motifs (C(OH)–C–C–N with tert-alkyl or cyclic N) is 1. The van der Waals surface area contributed by atoms with Crippen molar-refractivity contribution in [3.63, 3.8) is 0 Å². The number of aliphatic hydroxyl groups excluding tert-OH is 1. The van der Waals surface area contributed by atoms with Crippen LogP contribution in [0.4, 0.5) is 10.5 Å². The second-order valence-electron chi connectivity index (χ2n) is 25.3. The van der Waals surface area contributed by atoms with Crippen LogP contribution >= 0.6 is 11.3 Å². The summed E-state index contributed by atoms with van der Waals surface area (Å²) in [6.45, 7) is 9.86. The number of amides is 7. The fourth-order valence-electron chi connectivity index (χ4n) is 13.3. The predicted molar refractivity (Wildman–Crippen MR) is 345 cm³/mol. The smallest absolute Gasteiger partial charge is 0.407 e. The number of rotatable bonds is 22. The molecule has 0 saturated carbocycles. The van der Waals surface area contributed by atoms with Gasteiger partial charge in [0.15, 0.2) is 0 Å². The molecule has 7 aromatic rings. The molecule has 1 aromatic heterocycles. The fraction of sp³-hybridized carbons (Fsp3) is 0.380. The molecule has 1 aliphatic carbocycles. The largest absolute Gasteiger partial charge is 0.449 e. The van der Waals surface area contributed by atoms with Gasteiger partial charge in [-0.2, -0.15) is 0 Å². The van der Waals surface area contributed by atoms with Crippen LogP contribution in [0, 0.1) is 12.3 Å². The number of anilines is 1. The minimum atomic E-state index is -0.964. The molecule has 18 nitrogen and oxygen atoms in total. The van der Waals surface area contributed by atoms with E-state index in [0.29, 0.717) is 31.4 Å². The average molecular weight is 1240 g/mol. The molecule has 3 aliphatic heterocycles. The lowest BCUT2D eigenvalue weighted by molar-refractivity contribution is -0.144. The number of thiazole rings is 1. The first-order chi connectivity index (χ1) is 43.3. The van der Waals surface area contributed by atoms with Crippen molar-refractivity contribution in [2.45, 2.75) is 154 Å². The predicted octanol–water partition coefficient (Wildman–Crippen LogP) is 8.87. The highest BCUT2D eigenvalue weighted by molar-refractivity contribution is 7.13. The van der Waals surface area contributed by atoms with Crippen molar-refractivity contribution < 1.29 is 48.1 Å². The number of ether oxygens (including phenoxy) is 2. The lowest BCUT2D eigenvalue weighted by Gasteiger charge is -2.35. The lowest BCUT2D eigenvalue weighted by atomic mass is 9.85. The van der Waals surface area contributed by atoms with Gasteiger partial charge in [-0.15, -0.1) is 11.3 Å². The minimum Gasteiger partial charge on any atom is -0.449 e. The summed E-state index contributed by atoms with van der Waals surface area (Å²) in [5, 5.41) is 24.6. The molecule has 7 N–H and O–H groups in total. The summed E-state index contributed by atoms with van der Waals surface area (Å²) in [6.07, 6.45) is 0.310. The van der Waals surface area contributed by atoms with Crippen LogP contribution in [0.25, 0.3) is 32.3 Å². The van der Waals surface area contributed by atoms with E-state index >= 15 is 0 Å². The van der Waals surface area contributed by atoms with Gasteiger partial charge in [0.25, 0.3) is 0 Å². The molecule has 19 heteroatoms. The van der Waals surface area contributed by atoms with Crippen LogP contribution in [-0.4, -0.2) is 112 Å².